The van der Waals surface area contributed by atoms with Gasteiger partial charge in [-0.3, -0.25) is 9.59 Å². The number of aromatic nitrogens is 1. The number of carbonyl (C=O) groups is 1. The summed E-state index contributed by atoms with van der Waals surface area (Å²) in [5.41, 5.74) is 1.06. The molecule has 108 valence electrons. The lowest BCUT2D eigenvalue weighted by atomic mass is 10.2. The van der Waals surface area contributed by atoms with Crippen LogP contribution in [0.1, 0.15) is 22.8 Å². The Morgan fingerprint density at radius 3 is 2.48 bits per heavy atom. The number of hydrogen-bond acceptors (Lipinski definition) is 2. The molecular formula is C17H18N2O2. The van der Waals surface area contributed by atoms with Crippen LogP contribution >= 0.6 is 0 Å². The van der Waals surface area contributed by atoms with Gasteiger partial charge in [-0.1, -0.05) is 43.2 Å². The van der Waals surface area contributed by atoms with Gasteiger partial charge < -0.3 is 10.3 Å². The summed E-state index contributed by atoms with van der Waals surface area (Å²) in [4.78, 5) is 24.6. The van der Waals surface area contributed by atoms with Gasteiger partial charge in [-0.15, -0.1) is 6.42 Å². The van der Waals surface area contributed by atoms with E-state index in [1.54, 1.807) is 6.07 Å². The van der Waals surface area contributed by atoms with Gasteiger partial charge in [0.2, 0.25) is 0 Å². The molecule has 4 heteroatoms. The van der Waals surface area contributed by atoms with Crippen LogP contribution in [0.25, 0.3) is 0 Å². The molecule has 0 aliphatic carbocycles. The van der Waals surface area contributed by atoms with Crippen molar-refractivity contribution in [3.63, 3.8) is 0 Å². The van der Waals surface area contributed by atoms with E-state index >= 15 is 0 Å². The van der Waals surface area contributed by atoms with Gasteiger partial charge in [0.1, 0.15) is 5.56 Å². The van der Waals surface area contributed by atoms with Crippen molar-refractivity contribution in [3.05, 3.63) is 70.1 Å². The fraction of sp³-hybridized carbons (Fsp3) is 0.176. The first-order chi connectivity index (χ1) is 10.2. The van der Waals surface area contributed by atoms with Gasteiger partial charge in [0, 0.05) is 6.20 Å². The van der Waals surface area contributed by atoms with Crippen molar-refractivity contribution in [2.45, 2.75) is 13.3 Å². The van der Waals surface area contributed by atoms with Gasteiger partial charge in [0.15, 0.2) is 0 Å². The van der Waals surface area contributed by atoms with E-state index in [-0.39, 0.29) is 12.1 Å². The summed E-state index contributed by atoms with van der Waals surface area (Å²) < 4.78 is 0. The zero-order valence-electron chi connectivity index (χ0n) is 11.9. The largest absolute Gasteiger partial charge is 0.341 e. The van der Waals surface area contributed by atoms with Gasteiger partial charge >= 0.3 is 0 Å². The summed E-state index contributed by atoms with van der Waals surface area (Å²) in [6.07, 6.45) is 7.54. The lowest BCUT2D eigenvalue weighted by Crippen LogP contribution is -2.29. The topological polar surface area (TPSA) is 62.0 Å². The maximum Gasteiger partial charge on any atom is 0.260 e. The second-order valence-corrected chi connectivity index (χ2v) is 4.14. The molecule has 0 spiro atoms. The molecular weight excluding hydrogens is 264 g/mol. The molecule has 0 saturated carbocycles. The quantitative estimate of drug-likeness (QED) is 0.846. The molecule has 0 bridgehead atoms. The number of H-pyrrole nitrogens is 1. The molecule has 0 radical (unpaired) electrons. The Labute approximate surface area is 124 Å². The fourth-order valence-corrected chi connectivity index (χ4v) is 1.54. The number of nitrogens with one attached hydrogen (secondary N) is 2. The van der Waals surface area contributed by atoms with Crippen molar-refractivity contribution in [1.82, 2.24) is 10.3 Å². The summed E-state index contributed by atoms with van der Waals surface area (Å²) in [5, 5.41) is 2.39. The molecule has 2 aromatic rings. The van der Waals surface area contributed by atoms with Crippen molar-refractivity contribution >= 4 is 5.91 Å². The van der Waals surface area contributed by atoms with Gasteiger partial charge in [-0.05, 0) is 24.1 Å². The van der Waals surface area contributed by atoms with E-state index in [0.717, 1.165) is 6.42 Å². The van der Waals surface area contributed by atoms with E-state index in [1.807, 2.05) is 6.07 Å². The third-order valence-electron chi connectivity index (χ3n) is 2.66. The highest BCUT2D eigenvalue weighted by atomic mass is 16.2. The first-order valence-electron chi connectivity index (χ1n) is 6.62. The zero-order valence-corrected chi connectivity index (χ0v) is 11.9. The number of aromatic amines is 1. The van der Waals surface area contributed by atoms with Crippen LogP contribution in [0.5, 0.6) is 0 Å². The average molecular weight is 282 g/mol. The van der Waals surface area contributed by atoms with E-state index < -0.39 is 11.5 Å². The molecule has 0 saturated heterocycles. The normalized spacial score (nSPS) is 8.95. The molecule has 1 aromatic heterocycles. The minimum Gasteiger partial charge on any atom is -0.341 e. The smallest absolute Gasteiger partial charge is 0.260 e. The van der Waals surface area contributed by atoms with Crippen molar-refractivity contribution in [2.24, 2.45) is 0 Å². The van der Waals surface area contributed by atoms with Crippen LogP contribution in [-0.4, -0.2) is 17.4 Å². The molecule has 0 unspecified atom stereocenters. The predicted octanol–water partition coefficient (Wildman–Crippen LogP) is 1.99. The second kappa shape index (κ2) is 9.16. The predicted molar refractivity (Wildman–Crippen MR) is 84.0 cm³/mol. The summed E-state index contributed by atoms with van der Waals surface area (Å²) in [7, 11) is 0. The Bertz CT molecular complexity index is 654. The summed E-state index contributed by atoms with van der Waals surface area (Å²) in [6.45, 7) is 2.28. The number of rotatable bonds is 3. The van der Waals surface area contributed by atoms with Crippen LogP contribution in [0.2, 0.25) is 0 Å². The number of pyridine rings is 1. The number of aryl methyl sites for hydroxylation is 1. The Morgan fingerprint density at radius 1 is 1.24 bits per heavy atom. The molecule has 2 N–H and O–H groups in total. The average Bonchev–Trinajstić information content (AvgIpc) is 2.54. The lowest BCUT2D eigenvalue weighted by molar-refractivity contribution is 0.0957. The van der Waals surface area contributed by atoms with Crippen LogP contribution in [0.15, 0.2) is 53.5 Å². The number of terminal acetylenes is 1. The van der Waals surface area contributed by atoms with E-state index in [2.05, 4.69) is 47.4 Å². The third-order valence-corrected chi connectivity index (χ3v) is 2.66. The van der Waals surface area contributed by atoms with Gasteiger partial charge in [0.25, 0.3) is 11.5 Å². The number of amides is 1. The maximum absolute atomic E-state index is 11.2. The summed E-state index contributed by atoms with van der Waals surface area (Å²) in [5.74, 6) is 1.79. The molecule has 0 aliphatic heterocycles. The van der Waals surface area contributed by atoms with E-state index in [4.69, 9.17) is 6.42 Å². The van der Waals surface area contributed by atoms with Gasteiger partial charge in [0.05, 0.1) is 6.54 Å². The van der Waals surface area contributed by atoms with Crippen molar-refractivity contribution in [2.75, 3.05) is 6.54 Å². The molecule has 1 aromatic carbocycles. The highest BCUT2D eigenvalue weighted by Gasteiger charge is 2.07. The first-order valence-corrected chi connectivity index (χ1v) is 6.62. The van der Waals surface area contributed by atoms with Crippen LogP contribution in [0.4, 0.5) is 0 Å². The van der Waals surface area contributed by atoms with Gasteiger partial charge in [-0.25, -0.2) is 0 Å². The summed E-state index contributed by atoms with van der Waals surface area (Å²) >= 11 is 0. The molecule has 0 atom stereocenters. The standard InChI is InChI=1S/C9H8N2O2.C8H10/c1-2-5-10-8(12)7-4-3-6-11-9(7)13;1-2-8-6-4-3-5-7-8/h1,3-4,6H,5H2,(H,10,12)(H,11,13);3-7H,2H2,1H3. The van der Waals surface area contributed by atoms with Crippen molar-refractivity contribution < 1.29 is 4.79 Å². The minimum absolute atomic E-state index is 0.0674. The molecule has 1 amide bonds. The first kappa shape index (κ1) is 16.3. The Hall–Kier alpha value is -2.80. The molecule has 0 aliphatic rings. The Morgan fingerprint density at radius 2 is 1.95 bits per heavy atom. The van der Waals surface area contributed by atoms with E-state index in [9.17, 15) is 9.59 Å². The minimum atomic E-state index is -0.459. The van der Waals surface area contributed by atoms with Crippen LogP contribution in [-0.2, 0) is 6.42 Å². The number of hydrogen-bond donors (Lipinski definition) is 2. The number of carbonyl (C=O) groups excluding carboxylic acids is 1. The lowest BCUT2D eigenvalue weighted by Gasteiger charge is -1.98. The third kappa shape index (κ3) is 5.79. The number of benzene rings is 1. The second-order valence-electron chi connectivity index (χ2n) is 4.14. The highest BCUT2D eigenvalue weighted by molar-refractivity contribution is 5.93. The van der Waals surface area contributed by atoms with Crippen LogP contribution < -0.4 is 10.9 Å². The van der Waals surface area contributed by atoms with Crippen molar-refractivity contribution in [3.8, 4) is 12.3 Å². The van der Waals surface area contributed by atoms with E-state index in [1.165, 1.54) is 17.8 Å². The maximum atomic E-state index is 11.2. The molecule has 21 heavy (non-hydrogen) atoms. The molecule has 2 rings (SSSR count). The summed E-state index contributed by atoms with van der Waals surface area (Å²) in [6, 6.07) is 13.5. The molecule has 1 heterocycles. The monoisotopic (exact) mass is 282 g/mol. The molecule has 0 fully saturated rings. The highest BCUT2D eigenvalue weighted by Crippen LogP contribution is 1.96. The SMILES string of the molecule is C#CCNC(=O)c1ccc[nH]c1=O.CCc1ccccc1. The van der Waals surface area contributed by atoms with Gasteiger partial charge in [-0.2, -0.15) is 0 Å². The molecule has 4 nitrogen and oxygen atoms in total. The zero-order chi connectivity index (χ0) is 15.5. The van der Waals surface area contributed by atoms with E-state index in [0.29, 0.717) is 0 Å². The van der Waals surface area contributed by atoms with Crippen molar-refractivity contribution in [1.29, 1.82) is 0 Å². The Balaban J connectivity index is 0.000000235. The van der Waals surface area contributed by atoms with Crippen LogP contribution in [0, 0.1) is 12.3 Å². The Kier molecular flexibility index (Phi) is 7.09. The van der Waals surface area contributed by atoms with Crippen LogP contribution in [0.3, 0.4) is 0 Å². The fourth-order valence-electron chi connectivity index (χ4n) is 1.54.